The van der Waals surface area contributed by atoms with Crippen molar-refractivity contribution < 1.29 is 24.2 Å². The van der Waals surface area contributed by atoms with E-state index in [0.29, 0.717) is 25.2 Å². The maximum absolute atomic E-state index is 11.4. The van der Waals surface area contributed by atoms with Gasteiger partial charge in [-0.3, -0.25) is 4.79 Å². The SMILES string of the molecule is CCOC(Cc1ccc(OCC=C(C)c2ccc(-c3ccc(C(C)=O)cc3)cc2)cc1)C(=O)O. The van der Waals surface area contributed by atoms with E-state index in [1.165, 1.54) is 0 Å². The molecular formula is C29H30O5. The van der Waals surface area contributed by atoms with Gasteiger partial charge in [0.1, 0.15) is 12.4 Å². The Morgan fingerprint density at radius 2 is 1.41 bits per heavy atom. The van der Waals surface area contributed by atoms with Crippen molar-refractivity contribution in [3.8, 4) is 16.9 Å². The minimum absolute atomic E-state index is 0.0641. The van der Waals surface area contributed by atoms with Crippen LogP contribution in [-0.2, 0) is 16.0 Å². The van der Waals surface area contributed by atoms with Crippen LogP contribution in [0.5, 0.6) is 5.75 Å². The zero-order valence-corrected chi connectivity index (χ0v) is 19.8. The van der Waals surface area contributed by atoms with Crippen LogP contribution in [0.1, 0.15) is 42.3 Å². The summed E-state index contributed by atoms with van der Waals surface area (Å²) in [6.45, 7) is 6.18. The Morgan fingerprint density at radius 1 is 0.853 bits per heavy atom. The van der Waals surface area contributed by atoms with Crippen LogP contribution in [0.15, 0.2) is 78.9 Å². The number of carboxylic acid groups (broad SMARTS) is 1. The summed E-state index contributed by atoms with van der Waals surface area (Å²) >= 11 is 0. The molecule has 3 aromatic carbocycles. The van der Waals surface area contributed by atoms with Crippen molar-refractivity contribution in [1.82, 2.24) is 0 Å². The smallest absolute Gasteiger partial charge is 0.333 e. The number of carboxylic acids is 1. The third-order valence-corrected chi connectivity index (χ3v) is 5.59. The van der Waals surface area contributed by atoms with Gasteiger partial charge in [0.2, 0.25) is 0 Å². The van der Waals surface area contributed by atoms with Crippen molar-refractivity contribution in [3.63, 3.8) is 0 Å². The number of ketones is 1. The Bertz CT molecular complexity index is 1130. The van der Waals surface area contributed by atoms with E-state index in [2.05, 4.69) is 24.3 Å². The average molecular weight is 459 g/mol. The Hall–Kier alpha value is -3.70. The van der Waals surface area contributed by atoms with Crippen LogP contribution >= 0.6 is 0 Å². The second-order valence-electron chi connectivity index (χ2n) is 8.04. The third kappa shape index (κ3) is 6.90. The fourth-order valence-electron chi connectivity index (χ4n) is 3.56. The molecule has 1 N–H and O–H groups in total. The van der Waals surface area contributed by atoms with Gasteiger partial charge in [0.05, 0.1) is 0 Å². The molecule has 0 bridgehead atoms. The van der Waals surface area contributed by atoms with Crippen molar-refractivity contribution >= 4 is 17.3 Å². The molecule has 5 nitrogen and oxygen atoms in total. The van der Waals surface area contributed by atoms with Crippen molar-refractivity contribution in [2.45, 2.75) is 33.3 Å². The number of aliphatic carboxylic acids is 1. The lowest BCUT2D eigenvalue weighted by Crippen LogP contribution is -2.26. The summed E-state index contributed by atoms with van der Waals surface area (Å²) in [6.07, 6.45) is 1.51. The van der Waals surface area contributed by atoms with E-state index in [4.69, 9.17) is 9.47 Å². The van der Waals surface area contributed by atoms with Gasteiger partial charge < -0.3 is 14.6 Å². The second kappa shape index (κ2) is 12.0. The number of hydrogen-bond donors (Lipinski definition) is 1. The van der Waals surface area contributed by atoms with E-state index in [0.717, 1.165) is 33.6 Å². The van der Waals surface area contributed by atoms with Crippen molar-refractivity contribution in [2.75, 3.05) is 13.2 Å². The molecule has 0 spiro atoms. The summed E-state index contributed by atoms with van der Waals surface area (Å²) in [5.74, 6) is -0.170. The molecule has 0 heterocycles. The summed E-state index contributed by atoms with van der Waals surface area (Å²) in [5.41, 5.74) is 5.98. The second-order valence-corrected chi connectivity index (χ2v) is 8.04. The molecule has 0 amide bonds. The molecular weight excluding hydrogens is 428 g/mol. The molecule has 0 aromatic heterocycles. The Morgan fingerprint density at radius 3 is 1.91 bits per heavy atom. The molecule has 0 aliphatic rings. The quantitative estimate of drug-likeness (QED) is 0.353. The molecule has 3 rings (SSSR count). The van der Waals surface area contributed by atoms with Gasteiger partial charge in [-0.15, -0.1) is 0 Å². The van der Waals surface area contributed by atoms with Gasteiger partial charge >= 0.3 is 5.97 Å². The molecule has 34 heavy (non-hydrogen) atoms. The average Bonchev–Trinajstić information content (AvgIpc) is 2.85. The number of allylic oxidation sites excluding steroid dienone is 1. The van der Waals surface area contributed by atoms with Gasteiger partial charge in [-0.25, -0.2) is 4.79 Å². The summed E-state index contributed by atoms with van der Waals surface area (Å²) in [4.78, 5) is 22.7. The highest BCUT2D eigenvalue weighted by atomic mass is 16.5. The maximum atomic E-state index is 11.4. The minimum atomic E-state index is -0.957. The number of benzene rings is 3. The lowest BCUT2D eigenvalue weighted by atomic mass is 9.99. The van der Waals surface area contributed by atoms with Crippen LogP contribution in [0.2, 0.25) is 0 Å². The Kier molecular flexibility index (Phi) is 8.77. The van der Waals surface area contributed by atoms with Crippen LogP contribution in [0, 0.1) is 0 Å². The molecule has 0 aliphatic carbocycles. The highest BCUT2D eigenvalue weighted by Crippen LogP contribution is 2.23. The van der Waals surface area contributed by atoms with Gasteiger partial charge in [-0.2, -0.15) is 0 Å². The monoisotopic (exact) mass is 458 g/mol. The number of rotatable bonds is 11. The molecule has 1 atom stereocenters. The predicted molar refractivity (Wildman–Crippen MR) is 134 cm³/mol. The van der Waals surface area contributed by atoms with E-state index in [1.54, 1.807) is 13.8 Å². The largest absolute Gasteiger partial charge is 0.490 e. The predicted octanol–water partition coefficient (Wildman–Crippen LogP) is 6.07. The number of carbonyl (C=O) groups excluding carboxylic acids is 1. The molecule has 0 saturated heterocycles. The lowest BCUT2D eigenvalue weighted by molar-refractivity contribution is -0.149. The summed E-state index contributed by atoms with van der Waals surface area (Å²) < 4.78 is 11.1. The first-order chi connectivity index (χ1) is 16.4. The van der Waals surface area contributed by atoms with E-state index in [-0.39, 0.29) is 5.78 Å². The fraction of sp³-hybridized carbons (Fsp3) is 0.241. The third-order valence-electron chi connectivity index (χ3n) is 5.59. The van der Waals surface area contributed by atoms with E-state index in [1.807, 2.05) is 61.5 Å². The summed E-state index contributed by atoms with van der Waals surface area (Å²) in [7, 11) is 0. The van der Waals surface area contributed by atoms with Gasteiger partial charge in [0.15, 0.2) is 11.9 Å². The van der Waals surface area contributed by atoms with Gasteiger partial charge in [0.25, 0.3) is 0 Å². The van der Waals surface area contributed by atoms with Crippen LogP contribution in [0.25, 0.3) is 16.7 Å². The number of carbonyl (C=O) groups is 2. The number of hydrogen-bond acceptors (Lipinski definition) is 4. The topological polar surface area (TPSA) is 72.8 Å². The molecule has 0 fully saturated rings. The Labute approximate surface area is 200 Å². The van der Waals surface area contributed by atoms with Crippen molar-refractivity contribution in [3.05, 3.63) is 95.6 Å². The van der Waals surface area contributed by atoms with Gasteiger partial charge in [-0.1, -0.05) is 60.7 Å². The number of Topliss-reactive ketones (excluding diaryl/α,β-unsaturated/α-hetero) is 1. The van der Waals surface area contributed by atoms with Gasteiger partial charge in [0, 0.05) is 18.6 Å². The molecule has 0 saturated carbocycles. The van der Waals surface area contributed by atoms with Crippen LogP contribution in [0.4, 0.5) is 0 Å². The standard InChI is InChI=1S/C29H30O5/c1-4-33-28(29(31)32)19-22-5-15-27(16-6-22)34-18-17-20(2)23-7-11-25(12-8-23)26-13-9-24(10-14-26)21(3)30/h5-17,28H,4,18-19H2,1-3H3,(H,31,32). The molecule has 176 valence electrons. The first-order valence-electron chi connectivity index (χ1n) is 11.3. The van der Waals surface area contributed by atoms with Crippen LogP contribution in [-0.4, -0.2) is 36.2 Å². The first kappa shape index (κ1) is 24.9. The normalized spacial score (nSPS) is 12.3. The van der Waals surface area contributed by atoms with Crippen LogP contribution < -0.4 is 4.74 Å². The fourth-order valence-corrected chi connectivity index (χ4v) is 3.56. The van der Waals surface area contributed by atoms with E-state index in [9.17, 15) is 14.7 Å². The first-order valence-corrected chi connectivity index (χ1v) is 11.3. The van der Waals surface area contributed by atoms with Crippen molar-refractivity contribution in [2.24, 2.45) is 0 Å². The maximum Gasteiger partial charge on any atom is 0.333 e. The molecule has 1 unspecified atom stereocenters. The molecule has 0 aliphatic heterocycles. The van der Waals surface area contributed by atoms with E-state index < -0.39 is 12.1 Å². The zero-order chi connectivity index (χ0) is 24.5. The number of ether oxygens (including phenoxy) is 2. The molecule has 5 heteroatoms. The van der Waals surface area contributed by atoms with Gasteiger partial charge in [-0.05, 0) is 66.8 Å². The summed E-state index contributed by atoms with van der Waals surface area (Å²) in [5, 5.41) is 9.22. The highest BCUT2D eigenvalue weighted by Gasteiger charge is 2.17. The van der Waals surface area contributed by atoms with Crippen molar-refractivity contribution in [1.29, 1.82) is 0 Å². The zero-order valence-electron chi connectivity index (χ0n) is 19.8. The summed E-state index contributed by atoms with van der Waals surface area (Å²) in [6, 6.07) is 23.3. The lowest BCUT2D eigenvalue weighted by Gasteiger charge is -2.12. The Balaban J connectivity index is 1.55. The molecule has 3 aromatic rings. The van der Waals surface area contributed by atoms with Crippen LogP contribution in [0.3, 0.4) is 0 Å². The molecule has 0 radical (unpaired) electrons. The van der Waals surface area contributed by atoms with E-state index >= 15 is 0 Å². The highest BCUT2D eigenvalue weighted by molar-refractivity contribution is 5.94. The minimum Gasteiger partial charge on any atom is -0.490 e.